The molecule has 0 saturated carbocycles. The number of amides is 1. The smallest absolute Gasteiger partial charge is 0.234 e. The molecule has 0 bridgehead atoms. The molecule has 0 aliphatic rings. The summed E-state index contributed by atoms with van der Waals surface area (Å²) in [4.78, 5) is 12.5. The van der Waals surface area contributed by atoms with Crippen molar-refractivity contribution in [3.8, 4) is 23.0 Å². The molecule has 4 rings (SSSR count). The van der Waals surface area contributed by atoms with Gasteiger partial charge < -0.3 is 14.5 Å². The summed E-state index contributed by atoms with van der Waals surface area (Å²) < 4.78 is 12.6. The number of nitrogens with one attached hydrogen (secondary N) is 1. The Morgan fingerprint density at radius 2 is 1.90 bits per heavy atom. The molecule has 0 spiro atoms. The number of carbonyl (C=O) groups is 1. The summed E-state index contributed by atoms with van der Waals surface area (Å²) in [6.45, 7) is 4.06. The lowest BCUT2D eigenvalue weighted by atomic mass is 10.1. The van der Waals surface area contributed by atoms with E-state index in [0.29, 0.717) is 16.7 Å². The average molecular weight is 435 g/mol. The largest absolute Gasteiger partial charge is 0.497 e. The standard InChI is InChI=1S/C23H22N4O3S/c1-15-6-7-17(13-16(15)2)24-21(28)14-31-23-26-25-22(20-5-4-12-30-20)27(23)18-8-10-19(29-3)11-9-18/h4-13H,14H2,1-3H3,(H,24,28). The number of hydrogen-bond donors (Lipinski definition) is 1. The number of aromatic nitrogens is 3. The predicted molar refractivity (Wildman–Crippen MR) is 121 cm³/mol. The van der Waals surface area contributed by atoms with Crippen LogP contribution in [0.3, 0.4) is 0 Å². The molecule has 0 aliphatic carbocycles. The van der Waals surface area contributed by atoms with Crippen LogP contribution in [0.25, 0.3) is 17.3 Å². The molecule has 1 N–H and O–H groups in total. The maximum Gasteiger partial charge on any atom is 0.234 e. The molecule has 0 saturated heterocycles. The molecule has 158 valence electrons. The van der Waals surface area contributed by atoms with E-state index in [1.807, 2.05) is 66.9 Å². The second-order valence-corrected chi connectivity index (χ2v) is 7.90. The summed E-state index contributed by atoms with van der Waals surface area (Å²) in [5, 5.41) is 12.1. The van der Waals surface area contributed by atoms with Crippen molar-refractivity contribution in [1.29, 1.82) is 0 Å². The number of carbonyl (C=O) groups excluding carboxylic acids is 1. The van der Waals surface area contributed by atoms with Crippen LogP contribution in [-0.4, -0.2) is 33.5 Å². The molecule has 0 fully saturated rings. The van der Waals surface area contributed by atoms with Gasteiger partial charge in [-0.1, -0.05) is 17.8 Å². The molecule has 1 amide bonds. The van der Waals surface area contributed by atoms with Crippen molar-refractivity contribution in [2.24, 2.45) is 0 Å². The first-order valence-electron chi connectivity index (χ1n) is 9.69. The first-order valence-corrected chi connectivity index (χ1v) is 10.7. The van der Waals surface area contributed by atoms with E-state index in [1.165, 1.54) is 17.3 Å². The van der Waals surface area contributed by atoms with E-state index in [0.717, 1.165) is 22.7 Å². The van der Waals surface area contributed by atoms with Crippen LogP contribution in [0.1, 0.15) is 11.1 Å². The van der Waals surface area contributed by atoms with E-state index >= 15 is 0 Å². The lowest BCUT2D eigenvalue weighted by Crippen LogP contribution is -2.14. The third-order valence-electron chi connectivity index (χ3n) is 4.83. The van der Waals surface area contributed by atoms with Crippen LogP contribution < -0.4 is 10.1 Å². The van der Waals surface area contributed by atoms with Gasteiger partial charge in [0.05, 0.1) is 24.8 Å². The number of rotatable bonds is 7. The number of methoxy groups -OCH3 is 1. The molecule has 0 unspecified atom stereocenters. The number of ether oxygens (including phenoxy) is 1. The zero-order chi connectivity index (χ0) is 21.8. The van der Waals surface area contributed by atoms with Crippen molar-refractivity contribution in [2.45, 2.75) is 19.0 Å². The van der Waals surface area contributed by atoms with Gasteiger partial charge in [-0.25, -0.2) is 0 Å². The quantitative estimate of drug-likeness (QED) is 0.417. The molecule has 7 nitrogen and oxygen atoms in total. The van der Waals surface area contributed by atoms with E-state index in [9.17, 15) is 4.79 Å². The average Bonchev–Trinajstić information content (AvgIpc) is 3.44. The minimum absolute atomic E-state index is 0.114. The number of furan rings is 1. The number of thioether (sulfide) groups is 1. The highest BCUT2D eigenvalue weighted by Gasteiger charge is 2.19. The lowest BCUT2D eigenvalue weighted by Gasteiger charge is -2.10. The fraction of sp³-hybridized carbons (Fsp3) is 0.174. The first kappa shape index (κ1) is 20.7. The van der Waals surface area contributed by atoms with Gasteiger partial charge in [-0.2, -0.15) is 0 Å². The fourth-order valence-corrected chi connectivity index (χ4v) is 3.79. The van der Waals surface area contributed by atoms with Crippen LogP contribution in [0.4, 0.5) is 5.69 Å². The second-order valence-electron chi connectivity index (χ2n) is 6.95. The number of hydrogen-bond acceptors (Lipinski definition) is 6. The van der Waals surface area contributed by atoms with Crippen molar-refractivity contribution in [2.75, 3.05) is 18.2 Å². The van der Waals surface area contributed by atoms with Gasteiger partial charge in [0.1, 0.15) is 5.75 Å². The normalized spacial score (nSPS) is 10.8. The Kier molecular flexibility index (Phi) is 6.08. The van der Waals surface area contributed by atoms with Crippen LogP contribution in [-0.2, 0) is 4.79 Å². The van der Waals surface area contributed by atoms with Crippen LogP contribution in [0.2, 0.25) is 0 Å². The van der Waals surface area contributed by atoms with Crippen molar-refractivity contribution in [1.82, 2.24) is 14.8 Å². The molecule has 2 aromatic heterocycles. The van der Waals surface area contributed by atoms with Gasteiger partial charge in [-0.3, -0.25) is 9.36 Å². The van der Waals surface area contributed by atoms with Gasteiger partial charge >= 0.3 is 0 Å². The first-order chi connectivity index (χ1) is 15.0. The lowest BCUT2D eigenvalue weighted by molar-refractivity contribution is -0.113. The van der Waals surface area contributed by atoms with Gasteiger partial charge in [-0.05, 0) is 73.5 Å². The van der Waals surface area contributed by atoms with Crippen molar-refractivity contribution in [3.05, 3.63) is 72.0 Å². The Bertz CT molecular complexity index is 1180. The van der Waals surface area contributed by atoms with E-state index in [-0.39, 0.29) is 11.7 Å². The Labute approximate surface area is 184 Å². The number of anilines is 1. The van der Waals surface area contributed by atoms with E-state index < -0.39 is 0 Å². The molecule has 0 radical (unpaired) electrons. The topological polar surface area (TPSA) is 82.2 Å². The summed E-state index contributed by atoms with van der Waals surface area (Å²) in [6, 6.07) is 17.0. The van der Waals surface area contributed by atoms with E-state index in [1.54, 1.807) is 19.4 Å². The Hall–Kier alpha value is -3.52. The molecular formula is C23H22N4O3S. The van der Waals surface area contributed by atoms with E-state index in [2.05, 4.69) is 15.5 Å². The van der Waals surface area contributed by atoms with Crippen molar-refractivity contribution in [3.63, 3.8) is 0 Å². The van der Waals surface area contributed by atoms with Gasteiger partial charge in [-0.15, -0.1) is 10.2 Å². The van der Waals surface area contributed by atoms with Gasteiger partial charge in [0.25, 0.3) is 0 Å². The van der Waals surface area contributed by atoms with Crippen molar-refractivity contribution >= 4 is 23.4 Å². The Morgan fingerprint density at radius 3 is 2.58 bits per heavy atom. The summed E-state index contributed by atoms with van der Waals surface area (Å²) in [5.41, 5.74) is 3.94. The van der Waals surface area contributed by atoms with E-state index in [4.69, 9.17) is 9.15 Å². The molecule has 31 heavy (non-hydrogen) atoms. The van der Waals surface area contributed by atoms with Crippen molar-refractivity contribution < 1.29 is 13.9 Å². The highest BCUT2D eigenvalue weighted by Crippen LogP contribution is 2.29. The highest BCUT2D eigenvalue weighted by molar-refractivity contribution is 7.99. The SMILES string of the molecule is COc1ccc(-n2c(SCC(=O)Nc3ccc(C)c(C)c3)nnc2-c2ccco2)cc1. The van der Waals surface area contributed by atoms with Crippen LogP contribution >= 0.6 is 11.8 Å². The van der Waals surface area contributed by atoms with Gasteiger partial charge in [0, 0.05) is 5.69 Å². The third-order valence-corrected chi connectivity index (χ3v) is 5.76. The van der Waals surface area contributed by atoms with Gasteiger partial charge in [0.15, 0.2) is 10.9 Å². The minimum atomic E-state index is -0.114. The van der Waals surface area contributed by atoms with Gasteiger partial charge in [0.2, 0.25) is 11.7 Å². The third kappa shape index (κ3) is 4.64. The molecular weight excluding hydrogens is 412 g/mol. The second kappa shape index (κ2) is 9.09. The summed E-state index contributed by atoms with van der Waals surface area (Å²) in [7, 11) is 1.62. The van der Waals surface area contributed by atoms with Crippen LogP contribution in [0.15, 0.2) is 70.4 Å². The van der Waals surface area contributed by atoms with Crippen LogP contribution in [0.5, 0.6) is 5.75 Å². The number of benzene rings is 2. The van der Waals surface area contributed by atoms with Crippen LogP contribution in [0, 0.1) is 13.8 Å². The predicted octanol–water partition coefficient (Wildman–Crippen LogP) is 4.88. The fourth-order valence-electron chi connectivity index (χ4n) is 3.04. The number of nitrogens with zero attached hydrogens (tertiary/aromatic N) is 3. The highest BCUT2D eigenvalue weighted by atomic mass is 32.2. The number of aryl methyl sites for hydroxylation is 2. The molecule has 4 aromatic rings. The summed E-state index contributed by atoms with van der Waals surface area (Å²) in [5.74, 6) is 1.98. The maximum absolute atomic E-state index is 12.5. The molecule has 0 aliphatic heterocycles. The summed E-state index contributed by atoms with van der Waals surface area (Å²) >= 11 is 1.31. The monoisotopic (exact) mass is 434 g/mol. The molecule has 2 heterocycles. The zero-order valence-corrected chi connectivity index (χ0v) is 18.3. The zero-order valence-electron chi connectivity index (χ0n) is 17.5. The summed E-state index contributed by atoms with van der Waals surface area (Å²) in [6.07, 6.45) is 1.59. The Balaban J connectivity index is 1.56. The maximum atomic E-state index is 12.5. The molecule has 2 aromatic carbocycles. The molecule has 8 heteroatoms. The molecule has 0 atom stereocenters. The minimum Gasteiger partial charge on any atom is -0.497 e. The Morgan fingerprint density at radius 1 is 1.10 bits per heavy atom.